The minimum Gasteiger partial charge on any atom is -0.489 e. The minimum absolute atomic E-state index is 0.201. The molecule has 0 aliphatic carbocycles. The lowest BCUT2D eigenvalue weighted by atomic mass is 10.1. The Labute approximate surface area is 121 Å². The van der Waals surface area contributed by atoms with E-state index in [4.69, 9.17) is 16.3 Å². The maximum Gasteiger partial charge on any atom is 0.259 e. The van der Waals surface area contributed by atoms with Crippen molar-refractivity contribution in [2.45, 2.75) is 0 Å². The quantitative estimate of drug-likeness (QED) is 0.890. The first-order valence-electron chi connectivity index (χ1n) is 6.30. The third kappa shape index (κ3) is 2.56. The number of rotatable bonds is 2. The van der Waals surface area contributed by atoms with Gasteiger partial charge in [-0.3, -0.25) is 4.79 Å². The van der Waals surface area contributed by atoms with Crippen LogP contribution < -0.4 is 15.4 Å². The number of para-hydroxylation sites is 1. The summed E-state index contributed by atoms with van der Waals surface area (Å²) in [5, 5.41) is 6.67. The van der Waals surface area contributed by atoms with Crippen LogP contribution in [0.1, 0.15) is 10.4 Å². The van der Waals surface area contributed by atoms with E-state index in [0.29, 0.717) is 28.6 Å². The Morgan fingerprint density at radius 3 is 2.80 bits per heavy atom. The van der Waals surface area contributed by atoms with Gasteiger partial charge in [0.1, 0.15) is 6.61 Å². The van der Waals surface area contributed by atoms with Crippen molar-refractivity contribution in [2.75, 3.05) is 23.8 Å². The maximum atomic E-state index is 12.3. The van der Waals surface area contributed by atoms with E-state index < -0.39 is 0 Å². The fourth-order valence-corrected chi connectivity index (χ4v) is 2.21. The van der Waals surface area contributed by atoms with E-state index in [2.05, 4.69) is 10.6 Å². The smallest absolute Gasteiger partial charge is 0.259 e. The van der Waals surface area contributed by atoms with E-state index in [1.54, 1.807) is 30.3 Å². The molecule has 4 nitrogen and oxygen atoms in total. The first-order chi connectivity index (χ1) is 9.74. The van der Waals surface area contributed by atoms with Crippen molar-refractivity contribution in [3.63, 3.8) is 0 Å². The van der Waals surface area contributed by atoms with Crippen LogP contribution in [0.25, 0.3) is 0 Å². The van der Waals surface area contributed by atoms with Crippen molar-refractivity contribution in [2.24, 2.45) is 0 Å². The molecule has 0 radical (unpaired) electrons. The first kappa shape index (κ1) is 12.8. The summed E-state index contributed by atoms with van der Waals surface area (Å²) in [5.74, 6) is 0.401. The number of carbonyl (C=O) groups excluding carboxylic acids is 1. The monoisotopic (exact) mass is 288 g/mol. The summed E-state index contributed by atoms with van der Waals surface area (Å²) in [6.45, 7) is 1.30. The van der Waals surface area contributed by atoms with Crippen LogP contribution in [-0.2, 0) is 0 Å². The zero-order chi connectivity index (χ0) is 13.9. The summed E-state index contributed by atoms with van der Waals surface area (Å²) in [5.41, 5.74) is 2.06. The second-order valence-electron chi connectivity index (χ2n) is 4.42. The summed E-state index contributed by atoms with van der Waals surface area (Å²) in [6, 6.07) is 12.5. The number of carbonyl (C=O) groups is 1. The predicted octanol–water partition coefficient (Wildman–Crippen LogP) is 3.40. The normalized spacial score (nSPS) is 12.8. The van der Waals surface area contributed by atoms with Crippen molar-refractivity contribution < 1.29 is 9.53 Å². The number of anilines is 2. The lowest BCUT2D eigenvalue weighted by Crippen LogP contribution is -2.21. The van der Waals surface area contributed by atoms with Gasteiger partial charge in [0, 0.05) is 17.3 Å². The van der Waals surface area contributed by atoms with Crippen LogP contribution in [0, 0.1) is 0 Å². The molecule has 2 aromatic rings. The molecular formula is C15H13ClN2O2. The first-order valence-corrected chi connectivity index (χ1v) is 6.68. The van der Waals surface area contributed by atoms with Gasteiger partial charge in [-0.2, -0.15) is 0 Å². The van der Waals surface area contributed by atoms with Gasteiger partial charge in [-0.15, -0.1) is 0 Å². The van der Waals surface area contributed by atoms with Crippen LogP contribution in [0.3, 0.4) is 0 Å². The molecule has 0 aromatic heterocycles. The summed E-state index contributed by atoms with van der Waals surface area (Å²) in [7, 11) is 0. The van der Waals surface area contributed by atoms with Crippen molar-refractivity contribution in [1.29, 1.82) is 0 Å². The lowest BCUT2D eigenvalue weighted by Gasteiger charge is -2.21. The number of halogens is 1. The SMILES string of the molecule is O=C(Nc1ccc(Cl)cc1)c1cccc2c1OCCN2. The van der Waals surface area contributed by atoms with Crippen LogP contribution in [-0.4, -0.2) is 19.1 Å². The molecule has 3 rings (SSSR count). The molecule has 1 heterocycles. The molecule has 0 saturated heterocycles. The molecule has 5 heteroatoms. The average Bonchev–Trinajstić information content (AvgIpc) is 2.49. The van der Waals surface area contributed by atoms with E-state index in [0.717, 1.165) is 12.2 Å². The molecule has 0 fully saturated rings. The Hall–Kier alpha value is -2.20. The molecular weight excluding hydrogens is 276 g/mol. The molecule has 20 heavy (non-hydrogen) atoms. The zero-order valence-electron chi connectivity index (χ0n) is 10.7. The molecule has 0 unspecified atom stereocenters. The number of nitrogens with one attached hydrogen (secondary N) is 2. The summed E-state index contributed by atoms with van der Waals surface area (Å²) in [4.78, 5) is 12.3. The number of hydrogen-bond donors (Lipinski definition) is 2. The van der Waals surface area contributed by atoms with Gasteiger partial charge < -0.3 is 15.4 Å². The topological polar surface area (TPSA) is 50.4 Å². The van der Waals surface area contributed by atoms with Crippen LogP contribution in [0.4, 0.5) is 11.4 Å². The number of fused-ring (bicyclic) bond motifs is 1. The molecule has 2 aromatic carbocycles. The van der Waals surface area contributed by atoms with E-state index in [1.165, 1.54) is 0 Å². The molecule has 1 aliphatic heterocycles. The van der Waals surface area contributed by atoms with Crippen molar-refractivity contribution in [3.8, 4) is 5.75 Å². The zero-order valence-corrected chi connectivity index (χ0v) is 11.4. The Bertz CT molecular complexity index is 641. The molecule has 102 valence electrons. The Kier molecular flexibility index (Phi) is 3.48. The van der Waals surface area contributed by atoms with Gasteiger partial charge in [0.2, 0.25) is 0 Å². The summed E-state index contributed by atoms with van der Waals surface area (Å²) in [6.07, 6.45) is 0. The van der Waals surface area contributed by atoms with Gasteiger partial charge in [-0.1, -0.05) is 17.7 Å². The van der Waals surface area contributed by atoms with Crippen LogP contribution in [0.2, 0.25) is 5.02 Å². The molecule has 2 N–H and O–H groups in total. The Balaban J connectivity index is 1.85. The van der Waals surface area contributed by atoms with Gasteiger partial charge in [0.25, 0.3) is 5.91 Å². The molecule has 0 spiro atoms. The molecule has 0 saturated carbocycles. The maximum absolute atomic E-state index is 12.3. The fraction of sp³-hybridized carbons (Fsp3) is 0.133. The average molecular weight is 289 g/mol. The van der Waals surface area contributed by atoms with Crippen LogP contribution in [0.5, 0.6) is 5.75 Å². The van der Waals surface area contributed by atoms with Crippen molar-refractivity contribution in [1.82, 2.24) is 0 Å². The third-order valence-electron chi connectivity index (χ3n) is 3.03. The van der Waals surface area contributed by atoms with E-state index >= 15 is 0 Å². The number of amides is 1. The van der Waals surface area contributed by atoms with Gasteiger partial charge >= 0.3 is 0 Å². The Morgan fingerprint density at radius 1 is 1.20 bits per heavy atom. The highest BCUT2D eigenvalue weighted by Gasteiger charge is 2.18. The number of hydrogen-bond acceptors (Lipinski definition) is 3. The van der Waals surface area contributed by atoms with Gasteiger partial charge in [-0.25, -0.2) is 0 Å². The van der Waals surface area contributed by atoms with Gasteiger partial charge in [0.05, 0.1) is 11.3 Å². The standard InChI is InChI=1S/C15H13ClN2O2/c16-10-4-6-11(7-5-10)18-15(19)12-2-1-3-13-14(12)20-9-8-17-13/h1-7,17H,8-9H2,(H,18,19). The molecule has 0 bridgehead atoms. The van der Waals surface area contributed by atoms with Crippen LogP contribution in [0.15, 0.2) is 42.5 Å². The van der Waals surface area contributed by atoms with E-state index in [1.807, 2.05) is 12.1 Å². The van der Waals surface area contributed by atoms with Crippen molar-refractivity contribution in [3.05, 3.63) is 53.1 Å². The predicted molar refractivity (Wildman–Crippen MR) is 79.8 cm³/mol. The summed E-state index contributed by atoms with van der Waals surface area (Å²) >= 11 is 5.82. The largest absolute Gasteiger partial charge is 0.489 e. The summed E-state index contributed by atoms with van der Waals surface area (Å²) < 4.78 is 5.59. The van der Waals surface area contributed by atoms with E-state index in [9.17, 15) is 4.79 Å². The number of ether oxygens (including phenoxy) is 1. The molecule has 0 atom stereocenters. The van der Waals surface area contributed by atoms with Gasteiger partial charge in [0.15, 0.2) is 5.75 Å². The highest BCUT2D eigenvalue weighted by Crippen LogP contribution is 2.31. The van der Waals surface area contributed by atoms with Crippen LogP contribution >= 0.6 is 11.6 Å². The highest BCUT2D eigenvalue weighted by atomic mass is 35.5. The molecule has 1 aliphatic rings. The lowest BCUT2D eigenvalue weighted by molar-refractivity contribution is 0.102. The second-order valence-corrected chi connectivity index (χ2v) is 4.85. The second kappa shape index (κ2) is 5.43. The highest BCUT2D eigenvalue weighted by molar-refractivity contribution is 6.30. The van der Waals surface area contributed by atoms with E-state index in [-0.39, 0.29) is 5.91 Å². The third-order valence-corrected chi connectivity index (χ3v) is 3.28. The Morgan fingerprint density at radius 2 is 2.00 bits per heavy atom. The molecule has 1 amide bonds. The van der Waals surface area contributed by atoms with Gasteiger partial charge in [-0.05, 0) is 36.4 Å². The number of benzene rings is 2. The fourth-order valence-electron chi connectivity index (χ4n) is 2.08. The minimum atomic E-state index is -0.201. The van der Waals surface area contributed by atoms with Crippen molar-refractivity contribution >= 4 is 28.9 Å².